The summed E-state index contributed by atoms with van der Waals surface area (Å²) in [6, 6.07) is 8.74. The summed E-state index contributed by atoms with van der Waals surface area (Å²) in [4.78, 5) is 23.4. The maximum Gasteiger partial charge on any atom is 0.338 e. The van der Waals surface area contributed by atoms with Crippen LogP contribution < -0.4 is 4.74 Å². The van der Waals surface area contributed by atoms with Gasteiger partial charge in [0.15, 0.2) is 0 Å². The van der Waals surface area contributed by atoms with E-state index in [1.165, 1.54) is 0 Å². The van der Waals surface area contributed by atoms with E-state index in [1.54, 1.807) is 24.3 Å². The second kappa shape index (κ2) is 29.2. The minimum atomic E-state index is -2.35. The van der Waals surface area contributed by atoms with Gasteiger partial charge in [-0.2, -0.15) is 8.78 Å². The monoisotopic (exact) mass is 756 g/mol. The average molecular weight is 757 g/mol. The Balaban J connectivity index is 1.22. The molecule has 2 rings (SSSR count). The van der Waals surface area contributed by atoms with E-state index in [0.29, 0.717) is 98.1 Å². The first-order valence-electron chi connectivity index (χ1n) is 16.5. The molecule has 0 heterocycles. The van der Waals surface area contributed by atoms with Gasteiger partial charge in [-0.05, 0) is 12.1 Å². The van der Waals surface area contributed by atoms with Gasteiger partial charge in [0, 0.05) is 0 Å². The van der Waals surface area contributed by atoms with Crippen LogP contribution in [0, 0.1) is 29.1 Å². The van der Waals surface area contributed by atoms with Gasteiger partial charge in [-0.3, -0.25) is 4.79 Å². The fourth-order valence-electron chi connectivity index (χ4n) is 3.71. The molecule has 0 aliphatic rings. The summed E-state index contributed by atoms with van der Waals surface area (Å²) in [6.07, 6.45) is -0.492. The van der Waals surface area contributed by atoms with Gasteiger partial charge in [-0.1, -0.05) is 18.2 Å². The highest BCUT2D eigenvalue weighted by atomic mass is 19.2. The Labute approximate surface area is 298 Å². The Hall–Kier alpha value is -3.33. The number of esters is 2. The third-order valence-corrected chi connectivity index (χ3v) is 6.28. The molecule has 0 aromatic heterocycles. The molecule has 0 atom stereocenters. The molecular formula is C34H45F5O13. The molecule has 294 valence electrons. The average Bonchev–Trinajstić information content (AvgIpc) is 3.15. The molecular weight excluding hydrogens is 711 g/mol. The molecule has 18 heteroatoms. The van der Waals surface area contributed by atoms with Crippen molar-refractivity contribution in [1.82, 2.24) is 0 Å². The van der Waals surface area contributed by atoms with Crippen molar-refractivity contribution in [3.63, 3.8) is 0 Å². The fourth-order valence-corrected chi connectivity index (χ4v) is 3.71. The molecule has 2 aromatic carbocycles. The number of rotatable bonds is 32. The molecule has 0 saturated heterocycles. The lowest BCUT2D eigenvalue weighted by molar-refractivity contribution is -0.136. The molecule has 0 saturated carbocycles. The highest BCUT2D eigenvalue weighted by Crippen LogP contribution is 2.29. The molecule has 0 spiro atoms. The predicted molar refractivity (Wildman–Crippen MR) is 171 cm³/mol. The number of hydrogen-bond donors (Lipinski definition) is 0. The highest BCUT2D eigenvalue weighted by Gasteiger charge is 2.28. The summed E-state index contributed by atoms with van der Waals surface area (Å²) in [6.45, 7) is 5.86. The van der Waals surface area contributed by atoms with Crippen LogP contribution in [0.25, 0.3) is 0 Å². The third kappa shape index (κ3) is 20.1. The Morgan fingerprint density at radius 1 is 0.404 bits per heavy atom. The van der Waals surface area contributed by atoms with Gasteiger partial charge in [0.2, 0.25) is 34.8 Å². The van der Waals surface area contributed by atoms with Crippen molar-refractivity contribution in [2.24, 2.45) is 0 Å². The maximum absolute atomic E-state index is 13.5. The second-order valence-corrected chi connectivity index (χ2v) is 10.1. The van der Waals surface area contributed by atoms with Gasteiger partial charge in [0.1, 0.15) is 6.61 Å². The predicted octanol–water partition coefficient (Wildman–Crippen LogP) is 3.68. The lowest BCUT2D eigenvalue weighted by Crippen LogP contribution is -2.16. The molecule has 0 unspecified atom stereocenters. The van der Waals surface area contributed by atoms with Crippen molar-refractivity contribution in [3.05, 3.63) is 65.0 Å². The molecule has 0 aliphatic heterocycles. The van der Waals surface area contributed by atoms with Gasteiger partial charge in [-0.15, -0.1) is 0 Å². The van der Waals surface area contributed by atoms with Gasteiger partial charge >= 0.3 is 11.9 Å². The van der Waals surface area contributed by atoms with Crippen molar-refractivity contribution in [3.8, 4) is 5.75 Å². The summed E-state index contributed by atoms with van der Waals surface area (Å²) in [5.41, 5.74) is 0.500. The molecule has 0 fully saturated rings. The molecule has 0 aliphatic carbocycles. The zero-order chi connectivity index (χ0) is 37.7. The third-order valence-electron chi connectivity index (χ3n) is 6.28. The highest BCUT2D eigenvalue weighted by molar-refractivity contribution is 5.89. The molecule has 0 amide bonds. The summed E-state index contributed by atoms with van der Waals surface area (Å²) in [5, 5.41) is 0. The number of hydrogen-bond acceptors (Lipinski definition) is 13. The lowest BCUT2D eigenvalue weighted by atomic mass is 10.2. The molecule has 52 heavy (non-hydrogen) atoms. The van der Waals surface area contributed by atoms with Crippen LogP contribution >= 0.6 is 0 Å². The fraction of sp³-hybridized carbons (Fsp3) is 0.588. The number of carbonyl (C=O) groups is 2. The van der Waals surface area contributed by atoms with Crippen molar-refractivity contribution < 1.29 is 83.6 Å². The van der Waals surface area contributed by atoms with Gasteiger partial charge in [0.25, 0.3) is 0 Å². The number of benzene rings is 2. The zero-order valence-electron chi connectivity index (χ0n) is 28.7. The van der Waals surface area contributed by atoms with Crippen molar-refractivity contribution in [2.75, 3.05) is 126 Å². The van der Waals surface area contributed by atoms with Gasteiger partial charge in [0.05, 0.1) is 131 Å². The van der Waals surface area contributed by atoms with E-state index in [0.717, 1.165) is 0 Å². The van der Waals surface area contributed by atoms with Crippen LogP contribution in [0.5, 0.6) is 5.75 Å². The standard InChI is InChI=1S/C34H45F5O13/c35-28-29(36)31(38)33(32(39)30(28)37)52-27(40)6-7-42-8-9-43-10-11-44-12-13-45-14-15-46-16-17-47-18-19-48-20-21-49-22-23-50-24-25-51-34(41)26-4-2-1-3-5-26/h1-5H,6-25H2. The summed E-state index contributed by atoms with van der Waals surface area (Å²) >= 11 is 0. The first-order valence-corrected chi connectivity index (χ1v) is 16.5. The van der Waals surface area contributed by atoms with E-state index in [1.807, 2.05) is 6.07 Å². The van der Waals surface area contributed by atoms with Crippen molar-refractivity contribution >= 4 is 11.9 Å². The summed E-state index contributed by atoms with van der Waals surface area (Å²) in [7, 11) is 0. The van der Waals surface area contributed by atoms with E-state index < -0.39 is 47.2 Å². The van der Waals surface area contributed by atoms with E-state index in [9.17, 15) is 31.5 Å². The van der Waals surface area contributed by atoms with E-state index in [4.69, 9.17) is 47.4 Å². The first kappa shape index (κ1) is 44.8. The van der Waals surface area contributed by atoms with Crippen molar-refractivity contribution in [2.45, 2.75) is 6.42 Å². The minimum Gasteiger partial charge on any atom is -0.460 e. The molecule has 13 nitrogen and oxygen atoms in total. The Bertz CT molecular complexity index is 1230. The van der Waals surface area contributed by atoms with Crippen LogP contribution in [0.2, 0.25) is 0 Å². The quantitative estimate of drug-likeness (QED) is 0.0269. The minimum absolute atomic E-state index is 0.0746. The Morgan fingerprint density at radius 3 is 1.08 bits per heavy atom. The van der Waals surface area contributed by atoms with Crippen LogP contribution in [0.3, 0.4) is 0 Å². The van der Waals surface area contributed by atoms with E-state index in [-0.39, 0.29) is 39.0 Å². The van der Waals surface area contributed by atoms with Gasteiger partial charge in [-0.25, -0.2) is 18.0 Å². The van der Waals surface area contributed by atoms with Crippen molar-refractivity contribution in [1.29, 1.82) is 0 Å². The smallest absolute Gasteiger partial charge is 0.338 e. The normalized spacial score (nSPS) is 11.2. The number of carbonyl (C=O) groups excluding carboxylic acids is 2. The van der Waals surface area contributed by atoms with E-state index >= 15 is 0 Å². The Kier molecular flexibility index (Phi) is 25.1. The van der Waals surface area contributed by atoms with Crippen LogP contribution in [0.4, 0.5) is 22.0 Å². The number of halogens is 5. The number of ether oxygens (including phenoxy) is 11. The SMILES string of the molecule is O=C(CCOCCOCCOCCOCCOCCOCCOCCOCCOCCOC(=O)c1ccccc1)Oc1c(F)c(F)c(F)c(F)c1F. The first-order chi connectivity index (χ1) is 25.3. The van der Waals surface area contributed by atoms with Crippen LogP contribution in [0.15, 0.2) is 30.3 Å². The maximum atomic E-state index is 13.5. The van der Waals surface area contributed by atoms with Crippen LogP contribution in [-0.2, 0) is 52.2 Å². The summed E-state index contributed by atoms with van der Waals surface area (Å²) in [5.74, 6) is -14.5. The molecule has 2 aromatic rings. The van der Waals surface area contributed by atoms with Crippen LogP contribution in [-0.4, -0.2) is 137 Å². The summed E-state index contributed by atoms with van der Waals surface area (Å²) < 4.78 is 124. The molecule has 0 bridgehead atoms. The molecule has 0 N–H and O–H groups in total. The van der Waals surface area contributed by atoms with E-state index in [2.05, 4.69) is 4.74 Å². The second-order valence-electron chi connectivity index (χ2n) is 10.1. The Morgan fingerprint density at radius 2 is 0.712 bits per heavy atom. The topological polar surface area (TPSA) is 136 Å². The zero-order valence-corrected chi connectivity index (χ0v) is 28.7. The molecule has 0 radical (unpaired) electrons. The lowest BCUT2D eigenvalue weighted by Gasteiger charge is -2.09. The van der Waals surface area contributed by atoms with Gasteiger partial charge < -0.3 is 52.1 Å². The largest absolute Gasteiger partial charge is 0.460 e. The van der Waals surface area contributed by atoms with Crippen LogP contribution in [0.1, 0.15) is 16.8 Å².